The average Bonchev–Trinajstić information content (AvgIpc) is 3.44. The van der Waals surface area contributed by atoms with E-state index in [1.165, 1.54) is 0 Å². The Balaban J connectivity index is 1.45. The second kappa shape index (κ2) is 7.76. The maximum absolute atomic E-state index is 10.8. The SMILES string of the molecule is Oc1[nH]c2ccccc2c1C(=Nc1ccc(-c2cn3cccnc3n2)cc1)c1ccccc1. The lowest BCUT2D eigenvalue weighted by atomic mass is 10.0. The summed E-state index contributed by atoms with van der Waals surface area (Å²) in [5, 5.41) is 11.7. The average molecular weight is 429 g/mol. The molecule has 33 heavy (non-hydrogen) atoms. The normalized spacial score (nSPS) is 11.9. The number of aromatic amines is 1. The molecule has 6 rings (SSSR count). The van der Waals surface area contributed by atoms with Crippen molar-refractivity contribution in [1.29, 1.82) is 0 Å². The summed E-state index contributed by atoms with van der Waals surface area (Å²) >= 11 is 0. The monoisotopic (exact) mass is 429 g/mol. The number of imidazole rings is 1. The Morgan fingerprint density at radius 1 is 0.879 bits per heavy atom. The number of hydrogen-bond acceptors (Lipinski definition) is 4. The van der Waals surface area contributed by atoms with E-state index in [0.717, 1.165) is 33.4 Å². The maximum Gasteiger partial charge on any atom is 0.234 e. The van der Waals surface area contributed by atoms with Crippen molar-refractivity contribution in [3.8, 4) is 17.1 Å². The fourth-order valence-electron chi connectivity index (χ4n) is 4.03. The van der Waals surface area contributed by atoms with E-state index in [1.807, 2.05) is 102 Å². The third-order valence-electron chi connectivity index (χ3n) is 5.61. The van der Waals surface area contributed by atoms with Crippen LogP contribution in [0.15, 0.2) is 109 Å². The third-order valence-corrected chi connectivity index (χ3v) is 5.61. The molecule has 0 amide bonds. The molecule has 0 aliphatic heterocycles. The summed E-state index contributed by atoms with van der Waals surface area (Å²) in [4.78, 5) is 16.9. The second-order valence-corrected chi connectivity index (χ2v) is 7.72. The molecule has 0 atom stereocenters. The van der Waals surface area contributed by atoms with Gasteiger partial charge in [-0.15, -0.1) is 0 Å². The van der Waals surface area contributed by atoms with Crippen LogP contribution >= 0.6 is 0 Å². The molecule has 0 aliphatic rings. The molecule has 0 bridgehead atoms. The Morgan fingerprint density at radius 2 is 1.67 bits per heavy atom. The Hall–Kier alpha value is -4.71. The molecule has 6 aromatic rings. The van der Waals surface area contributed by atoms with Crippen molar-refractivity contribution >= 4 is 28.1 Å². The first-order valence-electron chi connectivity index (χ1n) is 10.6. The van der Waals surface area contributed by atoms with Gasteiger partial charge in [0.05, 0.1) is 22.7 Å². The fraction of sp³-hybridized carbons (Fsp3) is 0. The molecule has 0 radical (unpaired) electrons. The van der Waals surface area contributed by atoms with E-state index in [1.54, 1.807) is 6.20 Å². The van der Waals surface area contributed by atoms with E-state index in [9.17, 15) is 5.11 Å². The van der Waals surface area contributed by atoms with Gasteiger partial charge in [0, 0.05) is 40.6 Å². The zero-order valence-corrected chi connectivity index (χ0v) is 17.6. The zero-order chi connectivity index (χ0) is 22.2. The quantitative estimate of drug-likeness (QED) is 0.350. The number of benzene rings is 3. The smallest absolute Gasteiger partial charge is 0.234 e. The van der Waals surface area contributed by atoms with E-state index in [4.69, 9.17) is 4.99 Å². The van der Waals surface area contributed by atoms with Crippen molar-refractivity contribution in [1.82, 2.24) is 19.4 Å². The molecule has 0 unspecified atom stereocenters. The fourth-order valence-corrected chi connectivity index (χ4v) is 4.03. The lowest BCUT2D eigenvalue weighted by Gasteiger charge is -2.08. The number of nitrogens with zero attached hydrogens (tertiary/aromatic N) is 4. The summed E-state index contributed by atoms with van der Waals surface area (Å²) in [5.41, 5.74) is 5.79. The molecule has 0 saturated carbocycles. The van der Waals surface area contributed by atoms with E-state index in [2.05, 4.69) is 15.0 Å². The summed E-state index contributed by atoms with van der Waals surface area (Å²) in [7, 11) is 0. The van der Waals surface area contributed by atoms with Crippen molar-refractivity contribution in [2.24, 2.45) is 4.99 Å². The van der Waals surface area contributed by atoms with Gasteiger partial charge in [-0.3, -0.25) is 4.40 Å². The molecule has 3 aromatic heterocycles. The van der Waals surface area contributed by atoms with E-state index in [-0.39, 0.29) is 5.88 Å². The van der Waals surface area contributed by atoms with Gasteiger partial charge in [0.2, 0.25) is 5.78 Å². The van der Waals surface area contributed by atoms with Crippen LogP contribution in [0.5, 0.6) is 5.88 Å². The lowest BCUT2D eigenvalue weighted by Crippen LogP contribution is -2.02. The lowest BCUT2D eigenvalue weighted by molar-refractivity contribution is 0.457. The summed E-state index contributed by atoms with van der Waals surface area (Å²) < 4.78 is 1.90. The highest BCUT2D eigenvalue weighted by Gasteiger charge is 2.18. The van der Waals surface area contributed by atoms with Crippen molar-refractivity contribution in [2.45, 2.75) is 0 Å². The summed E-state index contributed by atoms with van der Waals surface area (Å²) in [6.45, 7) is 0. The molecule has 0 fully saturated rings. The minimum absolute atomic E-state index is 0.104. The van der Waals surface area contributed by atoms with Gasteiger partial charge >= 0.3 is 0 Å². The number of nitrogens with one attached hydrogen (secondary N) is 1. The van der Waals surface area contributed by atoms with Gasteiger partial charge in [-0.1, -0.05) is 60.7 Å². The molecule has 3 heterocycles. The van der Waals surface area contributed by atoms with Gasteiger partial charge in [0.15, 0.2) is 5.88 Å². The zero-order valence-electron chi connectivity index (χ0n) is 17.6. The summed E-state index contributed by atoms with van der Waals surface area (Å²) in [6.07, 6.45) is 5.62. The topological polar surface area (TPSA) is 78.6 Å². The highest BCUT2D eigenvalue weighted by Crippen LogP contribution is 2.32. The van der Waals surface area contributed by atoms with Crippen LogP contribution in [0.25, 0.3) is 27.9 Å². The largest absolute Gasteiger partial charge is 0.494 e. The number of aliphatic imine (C=N–C) groups is 1. The third kappa shape index (κ3) is 3.43. The van der Waals surface area contributed by atoms with Crippen LogP contribution in [0.3, 0.4) is 0 Å². The summed E-state index contributed by atoms with van der Waals surface area (Å²) in [6, 6.07) is 27.5. The first kappa shape index (κ1) is 19.0. The Morgan fingerprint density at radius 3 is 2.48 bits per heavy atom. The van der Waals surface area contributed by atoms with E-state index < -0.39 is 0 Å². The van der Waals surface area contributed by atoms with Gasteiger partial charge in [0.1, 0.15) is 0 Å². The first-order valence-corrected chi connectivity index (χ1v) is 10.6. The van der Waals surface area contributed by atoms with Crippen LogP contribution in [0.2, 0.25) is 0 Å². The molecule has 0 saturated heterocycles. The van der Waals surface area contributed by atoms with Crippen molar-refractivity contribution in [3.05, 3.63) is 115 Å². The van der Waals surface area contributed by atoms with Crippen molar-refractivity contribution < 1.29 is 5.11 Å². The summed E-state index contributed by atoms with van der Waals surface area (Å²) in [5.74, 6) is 0.767. The van der Waals surface area contributed by atoms with Crippen LogP contribution in [0.4, 0.5) is 5.69 Å². The van der Waals surface area contributed by atoms with Gasteiger partial charge < -0.3 is 10.1 Å². The highest BCUT2D eigenvalue weighted by molar-refractivity contribution is 6.21. The van der Waals surface area contributed by atoms with Gasteiger partial charge in [-0.2, -0.15) is 0 Å². The number of aromatic hydroxyl groups is 1. The Kier molecular flexibility index (Phi) is 4.47. The molecule has 2 N–H and O–H groups in total. The molecule has 6 nitrogen and oxygen atoms in total. The number of rotatable bonds is 4. The molecule has 158 valence electrons. The van der Waals surface area contributed by atoms with Crippen molar-refractivity contribution in [2.75, 3.05) is 0 Å². The van der Waals surface area contributed by atoms with E-state index in [0.29, 0.717) is 17.1 Å². The van der Waals surface area contributed by atoms with Gasteiger partial charge in [-0.05, 0) is 24.3 Å². The first-order chi connectivity index (χ1) is 16.3. The number of hydrogen-bond donors (Lipinski definition) is 2. The van der Waals surface area contributed by atoms with Crippen LogP contribution < -0.4 is 0 Å². The molecular weight excluding hydrogens is 410 g/mol. The predicted molar refractivity (Wildman–Crippen MR) is 130 cm³/mol. The van der Waals surface area contributed by atoms with Crippen LogP contribution in [0.1, 0.15) is 11.1 Å². The van der Waals surface area contributed by atoms with Gasteiger partial charge in [0.25, 0.3) is 0 Å². The molecule has 6 heteroatoms. The van der Waals surface area contributed by atoms with E-state index >= 15 is 0 Å². The molecule has 0 spiro atoms. The number of fused-ring (bicyclic) bond motifs is 2. The number of aromatic nitrogens is 4. The standard InChI is InChI=1S/C27H19N5O/c33-26-24(21-9-4-5-10-22(21)30-26)25(19-7-2-1-3-8-19)29-20-13-11-18(12-14-20)23-17-32-16-6-15-28-27(32)31-23/h1-17,30,33H. The van der Waals surface area contributed by atoms with Crippen LogP contribution in [-0.2, 0) is 0 Å². The van der Waals surface area contributed by atoms with Crippen LogP contribution in [0, 0.1) is 0 Å². The molecule has 0 aliphatic carbocycles. The van der Waals surface area contributed by atoms with Crippen molar-refractivity contribution in [3.63, 3.8) is 0 Å². The van der Waals surface area contributed by atoms with Gasteiger partial charge in [-0.25, -0.2) is 15.0 Å². The second-order valence-electron chi connectivity index (χ2n) is 7.72. The highest BCUT2D eigenvalue weighted by atomic mass is 16.3. The Bertz CT molecular complexity index is 1580. The van der Waals surface area contributed by atoms with Crippen LogP contribution in [-0.4, -0.2) is 30.2 Å². The molecular formula is C27H19N5O. The number of H-pyrrole nitrogens is 1. The minimum Gasteiger partial charge on any atom is -0.494 e. The Labute approximate surface area is 189 Å². The predicted octanol–water partition coefficient (Wildman–Crippen LogP) is 5.75. The minimum atomic E-state index is 0.104. The maximum atomic E-state index is 10.8. The number of para-hydroxylation sites is 1. The molecule has 3 aromatic carbocycles.